The van der Waals surface area contributed by atoms with E-state index in [1.165, 1.54) is 19.3 Å². The molecule has 2 aromatic heterocycles. The zero-order valence-corrected chi connectivity index (χ0v) is 18.1. The predicted molar refractivity (Wildman–Crippen MR) is 122 cm³/mol. The molecule has 0 radical (unpaired) electrons. The first-order valence-corrected chi connectivity index (χ1v) is 11.3. The molecule has 3 N–H and O–H groups in total. The van der Waals surface area contributed by atoms with Gasteiger partial charge in [0.15, 0.2) is 5.65 Å². The quantitative estimate of drug-likeness (QED) is 0.510. The van der Waals surface area contributed by atoms with E-state index >= 15 is 0 Å². The molecule has 1 saturated carbocycles. The molecule has 1 aliphatic rings. The number of nitrogens with zero attached hydrogens (tertiary/aromatic N) is 3. The highest BCUT2D eigenvalue weighted by Crippen LogP contribution is 2.30. The number of benzene rings is 1. The molecule has 164 valence electrons. The van der Waals surface area contributed by atoms with Crippen LogP contribution in [-0.2, 0) is 6.54 Å². The number of anilines is 1. The Hall–Kier alpha value is -2.93. The van der Waals surface area contributed by atoms with Crippen LogP contribution in [-0.4, -0.2) is 38.4 Å². The minimum absolute atomic E-state index is 0.00637. The Morgan fingerprint density at radius 1 is 1.19 bits per heavy atom. The van der Waals surface area contributed by atoms with Crippen molar-refractivity contribution < 1.29 is 9.90 Å². The highest BCUT2D eigenvalue weighted by atomic mass is 16.3. The molecule has 3 aromatic rings. The van der Waals surface area contributed by atoms with Gasteiger partial charge < -0.3 is 15.7 Å². The van der Waals surface area contributed by atoms with Gasteiger partial charge >= 0.3 is 0 Å². The molecule has 4 rings (SSSR count). The number of fused-ring (bicyclic) bond motifs is 1. The number of rotatable bonds is 8. The van der Waals surface area contributed by atoms with Crippen molar-refractivity contribution in [2.24, 2.45) is 0 Å². The van der Waals surface area contributed by atoms with E-state index in [4.69, 9.17) is 0 Å². The maximum atomic E-state index is 13.4. The lowest BCUT2D eigenvalue weighted by molar-refractivity contribution is 0.0930. The van der Waals surface area contributed by atoms with E-state index in [2.05, 4.69) is 20.7 Å². The normalized spacial score (nSPS) is 15.7. The molecule has 1 atom stereocenters. The Kier molecular flexibility index (Phi) is 6.82. The van der Waals surface area contributed by atoms with Gasteiger partial charge in [-0.25, -0.2) is 9.67 Å². The molecule has 7 nitrogen and oxygen atoms in total. The molecular formula is C24H31N5O2. The third-order valence-electron chi connectivity index (χ3n) is 6.09. The monoisotopic (exact) mass is 421 g/mol. The summed E-state index contributed by atoms with van der Waals surface area (Å²) in [5, 5.41) is 21.6. The number of hydrogen-bond donors (Lipinski definition) is 3. The first-order valence-electron chi connectivity index (χ1n) is 11.3. The Bertz CT molecular complexity index is 1010. The van der Waals surface area contributed by atoms with Gasteiger partial charge in [0.05, 0.1) is 28.9 Å². The van der Waals surface area contributed by atoms with Crippen LogP contribution in [0.1, 0.15) is 67.4 Å². The van der Waals surface area contributed by atoms with Crippen LogP contribution in [0.3, 0.4) is 0 Å². The molecule has 2 heterocycles. The summed E-state index contributed by atoms with van der Waals surface area (Å²) >= 11 is 0. The summed E-state index contributed by atoms with van der Waals surface area (Å²) in [4.78, 5) is 17.9. The van der Waals surface area contributed by atoms with Crippen LogP contribution in [0.4, 0.5) is 5.69 Å². The van der Waals surface area contributed by atoms with Crippen molar-refractivity contribution in [1.29, 1.82) is 0 Å². The first kappa shape index (κ1) is 21.3. The number of aryl methyl sites for hydroxylation is 1. The van der Waals surface area contributed by atoms with Gasteiger partial charge in [-0.3, -0.25) is 4.79 Å². The number of carbonyl (C=O) groups excluding carboxylic acids is 1. The smallest absolute Gasteiger partial charge is 0.255 e. The van der Waals surface area contributed by atoms with E-state index in [1.807, 2.05) is 41.9 Å². The minimum Gasteiger partial charge on any atom is -0.396 e. The van der Waals surface area contributed by atoms with Crippen LogP contribution in [0.15, 0.2) is 42.7 Å². The molecule has 1 aliphatic carbocycles. The van der Waals surface area contributed by atoms with E-state index in [0.29, 0.717) is 18.0 Å². The molecule has 1 aromatic carbocycles. The number of pyridine rings is 1. The van der Waals surface area contributed by atoms with Crippen LogP contribution in [0.5, 0.6) is 0 Å². The van der Waals surface area contributed by atoms with Gasteiger partial charge in [0.1, 0.15) is 0 Å². The minimum atomic E-state index is -0.268. The molecule has 1 fully saturated rings. The molecular weight excluding hydrogens is 390 g/mol. The van der Waals surface area contributed by atoms with E-state index in [9.17, 15) is 9.90 Å². The van der Waals surface area contributed by atoms with Crippen molar-refractivity contribution >= 4 is 22.6 Å². The maximum Gasteiger partial charge on any atom is 0.255 e. The van der Waals surface area contributed by atoms with Gasteiger partial charge in [-0.2, -0.15) is 5.10 Å². The maximum absolute atomic E-state index is 13.4. The van der Waals surface area contributed by atoms with Crippen LogP contribution in [0, 0.1) is 0 Å². The van der Waals surface area contributed by atoms with Gasteiger partial charge in [-0.15, -0.1) is 0 Å². The molecule has 1 unspecified atom stereocenters. The van der Waals surface area contributed by atoms with Gasteiger partial charge in [0, 0.05) is 25.4 Å². The van der Waals surface area contributed by atoms with Crippen molar-refractivity contribution in [3.63, 3.8) is 0 Å². The van der Waals surface area contributed by atoms with Gasteiger partial charge in [0.2, 0.25) is 0 Å². The van der Waals surface area contributed by atoms with Crippen molar-refractivity contribution in [1.82, 2.24) is 20.1 Å². The lowest BCUT2D eigenvalue weighted by Crippen LogP contribution is -2.31. The van der Waals surface area contributed by atoms with Gasteiger partial charge in [-0.1, -0.05) is 49.6 Å². The highest BCUT2D eigenvalue weighted by Gasteiger charge is 2.23. The topological polar surface area (TPSA) is 92.1 Å². The molecule has 1 amide bonds. The lowest BCUT2D eigenvalue weighted by Gasteiger charge is -2.26. The highest BCUT2D eigenvalue weighted by molar-refractivity contribution is 6.06. The molecule has 0 bridgehead atoms. The molecule has 7 heteroatoms. The van der Waals surface area contributed by atoms with E-state index in [-0.39, 0.29) is 18.6 Å². The van der Waals surface area contributed by atoms with Gasteiger partial charge in [-0.05, 0) is 31.7 Å². The van der Waals surface area contributed by atoms with Crippen molar-refractivity contribution in [3.05, 3.63) is 53.9 Å². The summed E-state index contributed by atoms with van der Waals surface area (Å²) in [6, 6.07) is 9.83. The molecule has 0 spiro atoms. The average molecular weight is 422 g/mol. The summed E-state index contributed by atoms with van der Waals surface area (Å²) in [7, 11) is 0. The van der Waals surface area contributed by atoms with Crippen LogP contribution in [0.2, 0.25) is 0 Å². The number of aliphatic hydroxyl groups excluding tert-OH is 1. The molecule has 0 aliphatic heterocycles. The number of aliphatic hydroxyl groups is 1. The third kappa shape index (κ3) is 4.71. The second-order valence-corrected chi connectivity index (χ2v) is 8.17. The van der Waals surface area contributed by atoms with Crippen molar-refractivity contribution in [2.45, 2.75) is 64.1 Å². The Balaban J connectivity index is 1.67. The van der Waals surface area contributed by atoms with Crippen molar-refractivity contribution in [2.75, 3.05) is 11.9 Å². The molecule has 31 heavy (non-hydrogen) atoms. The largest absolute Gasteiger partial charge is 0.396 e. The van der Waals surface area contributed by atoms with Crippen LogP contribution < -0.4 is 10.6 Å². The number of carbonyl (C=O) groups is 1. The van der Waals surface area contributed by atoms with Crippen LogP contribution in [0.25, 0.3) is 11.0 Å². The first-order chi connectivity index (χ1) is 15.2. The zero-order valence-electron chi connectivity index (χ0n) is 18.1. The predicted octanol–water partition coefficient (Wildman–Crippen LogP) is 4.05. The summed E-state index contributed by atoms with van der Waals surface area (Å²) < 4.78 is 1.85. The van der Waals surface area contributed by atoms with Crippen LogP contribution >= 0.6 is 0 Å². The second-order valence-electron chi connectivity index (χ2n) is 8.17. The fraction of sp³-hybridized carbons (Fsp3) is 0.458. The summed E-state index contributed by atoms with van der Waals surface area (Å²) in [5.74, 6) is -0.195. The van der Waals surface area contributed by atoms with E-state index in [0.717, 1.165) is 41.7 Å². The Morgan fingerprint density at radius 2 is 1.97 bits per heavy atom. The number of aromatic nitrogens is 3. The second kappa shape index (κ2) is 9.92. The fourth-order valence-electron chi connectivity index (χ4n) is 4.41. The van der Waals surface area contributed by atoms with E-state index in [1.54, 1.807) is 12.4 Å². The summed E-state index contributed by atoms with van der Waals surface area (Å²) in [6.07, 6.45) is 9.78. The summed E-state index contributed by atoms with van der Waals surface area (Å²) in [5.41, 5.74) is 3.09. The van der Waals surface area contributed by atoms with Crippen molar-refractivity contribution in [3.8, 4) is 0 Å². The van der Waals surface area contributed by atoms with E-state index < -0.39 is 0 Å². The third-order valence-corrected chi connectivity index (χ3v) is 6.09. The van der Waals surface area contributed by atoms with Gasteiger partial charge in [0.25, 0.3) is 5.91 Å². The standard InChI is InChI=1S/C24H31N5O2/c1-2-29-23-19(16-26-29)22(27-18-11-7-4-8-12-18)20(15-25-23)24(31)28-21(13-14-30)17-9-5-3-6-10-17/h3,5-6,9-10,15-16,18,21,30H,2,4,7-8,11-14H2,1H3,(H,25,27)(H,28,31). The average Bonchev–Trinajstić information content (AvgIpc) is 3.24. The Labute approximate surface area is 182 Å². The SMILES string of the molecule is CCn1ncc2c(NC3CCCCC3)c(C(=O)NC(CCO)c3ccccc3)cnc21. The number of amides is 1. The number of hydrogen-bond acceptors (Lipinski definition) is 5. The number of nitrogens with one attached hydrogen (secondary N) is 2. The summed E-state index contributed by atoms with van der Waals surface area (Å²) in [6.45, 7) is 2.74. The molecule has 0 saturated heterocycles. The lowest BCUT2D eigenvalue weighted by atomic mass is 9.95. The fourth-order valence-corrected chi connectivity index (χ4v) is 4.41. The zero-order chi connectivity index (χ0) is 21.6. The Morgan fingerprint density at radius 3 is 2.68 bits per heavy atom.